The minimum Gasteiger partial charge on any atom is -0.417 e. The number of hydrogen-bond acceptors (Lipinski definition) is 5. The van der Waals surface area contributed by atoms with E-state index in [1.807, 2.05) is 37.4 Å². The zero-order valence-electron chi connectivity index (χ0n) is 20.3. The number of hydrogen-bond donors (Lipinski definition) is 1. The Bertz CT molecular complexity index is 1350. The zero-order chi connectivity index (χ0) is 25.2. The van der Waals surface area contributed by atoms with Crippen molar-refractivity contribution in [3.63, 3.8) is 0 Å². The average Bonchev–Trinajstić information content (AvgIpc) is 3.18. The first kappa shape index (κ1) is 24.6. The molecule has 4 atom stereocenters. The van der Waals surface area contributed by atoms with Crippen LogP contribution in [0.1, 0.15) is 45.4 Å². The van der Waals surface area contributed by atoms with Gasteiger partial charge in [0.2, 0.25) is 5.88 Å². The second-order valence-electron chi connectivity index (χ2n) is 10.1. The third-order valence-electron chi connectivity index (χ3n) is 7.65. The summed E-state index contributed by atoms with van der Waals surface area (Å²) in [6.45, 7) is -0.453. The van der Waals surface area contributed by atoms with Gasteiger partial charge < -0.3 is 14.4 Å². The van der Waals surface area contributed by atoms with Crippen molar-refractivity contribution in [3.8, 4) is 0 Å². The second kappa shape index (κ2) is 10.5. The van der Waals surface area contributed by atoms with Crippen molar-refractivity contribution in [1.82, 2.24) is 4.57 Å². The summed E-state index contributed by atoms with van der Waals surface area (Å²) in [4.78, 5) is 22.3. The molecule has 2 unspecified atom stereocenters. The lowest BCUT2D eigenvalue weighted by atomic mass is 9.85. The molecule has 0 amide bonds. The third kappa shape index (κ3) is 5.19. The number of fused-ring (bicyclic) bond motifs is 3. The van der Waals surface area contributed by atoms with Crippen molar-refractivity contribution in [2.24, 2.45) is 27.7 Å². The molecule has 1 aromatic heterocycles. The summed E-state index contributed by atoms with van der Waals surface area (Å²) in [5.41, 5.74) is 2.75. The molecule has 2 aliphatic carbocycles. The molecule has 1 saturated carbocycles. The largest absolute Gasteiger partial charge is 0.417 e. The smallest absolute Gasteiger partial charge is 0.388 e. The predicted octanol–water partition coefficient (Wildman–Crippen LogP) is 3.44. The van der Waals surface area contributed by atoms with E-state index >= 15 is 0 Å². The first-order chi connectivity index (χ1) is 17.4. The number of aliphatic hydroxyl groups is 1. The van der Waals surface area contributed by atoms with Crippen LogP contribution in [0.4, 0.5) is 8.78 Å². The highest BCUT2D eigenvalue weighted by Gasteiger charge is 2.25. The molecule has 0 saturated heterocycles. The Morgan fingerprint density at radius 2 is 2.08 bits per heavy atom. The molecular formula is C28H31F2N3O3. The van der Waals surface area contributed by atoms with Gasteiger partial charge in [-0.25, -0.2) is 4.99 Å². The number of aromatic nitrogens is 1. The quantitative estimate of drug-likeness (QED) is 0.657. The molecule has 1 fully saturated rings. The first-order valence-electron chi connectivity index (χ1n) is 12.6. The molecule has 0 aromatic carbocycles. The van der Waals surface area contributed by atoms with Gasteiger partial charge in [-0.3, -0.25) is 9.79 Å². The van der Waals surface area contributed by atoms with Crippen molar-refractivity contribution < 1.29 is 18.6 Å². The number of rotatable bonds is 6. The highest BCUT2D eigenvalue weighted by atomic mass is 19.3. The predicted molar refractivity (Wildman–Crippen MR) is 136 cm³/mol. The number of ether oxygens (including phenoxy) is 1. The number of allylic oxidation sites excluding steroid dienone is 4. The van der Waals surface area contributed by atoms with Crippen LogP contribution < -0.4 is 16.0 Å². The molecule has 1 N–H and O–H groups in total. The summed E-state index contributed by atoms with van der Waals surface area (Å²) in [5, 5.41) is 11.8. The van der Waals surface area contributed by atoms with Crippen molar-refractivity contribution in [3.05, 3.63) is 68.3 Å². The second-order valence-corrected chi connectivity index (χ2v) is 10.1. The Labute approximate surface area is 208 Å². The van der Waals surface area contributed by atoms with Gasteiger partial charge in [0, 0.05) is 47.9 Å². The summed E-state index contributed by atoms with van der Waals surface area (Å²) in [6, 6.07) is 1.95. The van der Waals surface area contributed by atoms with Gasteiger partial charge in [-0.15, -0.1) is 0 Å². The normalized spacial score (nSPS) is 27.4. The van der Waals surface area contributed by atoms with E-state index in [1.54, 1.807) is 23.1 Å². The van der Waals surface area contributed by atoms with Gasteiger partial charge in [0.15, 0.2) is 0 Å². The minimum absolute atomic E-state index is 0.0222. The van der Waals surface area contributed by atoms with E-state index < -0.39 is 6.61 Å². The molecule has 1 aromatic rings. The third-order valence-corrected chi connectivity index (χ3v) is 7.65. The topological polar surface area (TPSA) is 76.2 Å². The molecule has 0 spiro atoms. The molecule has 5 rings (SSSR count). The monoisotopic (exact) mass is 495 g/mol. The van der Waals surface area contributed by atoms with Crippen LogP contribution in [-0.2, 0) is 11.3 Å². The maximum Gasteiger partial charge on any atom is 0.388 e. The van der Waals surface area contributed by atoms with E-state index in [0.29, 0.717) is 24.6 Å². The molecule has 3 heterocycles. The van der Waals surface area contributed by atoms with E-state index in [0.717, 1.165) is 47.7 Å². The van der Waals surface area contributed by atoms with Crippen molar-refractivity contribution in [2.75, 3.05) is 0 Å². The van der Waals surface area contributed by atoms with Crippen LogP contribution in [0.25, 0.3) is 11.8 Å². The lowest BCUT2D eigenvalue weighted by Gasteiger charge is -2.28. The number of pyridine rings is 1. The maximum absolute atomic E-state index is 13.7. The average molecular weight is 496 g/mol. The van der Waals surface area contributed by atoms with E-state index in [2.05, 4.69) is 14.7 Å². The molecule has 2 bridgehead atoms. The Morgan fingerprint density at radius 3 is 2.89 bits per heavy atom. The Balaban J connectivity index is 1.55. The van der Waals surface area contributed by atoms with Gasteiger partial charge in [0.25, 0.3) is 5.56 Å². The van der Waals surface area contributed by atoms with Gasteiger partial charge >= 0.3 is 6.61 Å². The number of aliphatic imine (C=N–C) groups is 2. The van der Waals surface area contributed by atoms with Gasteiger partial charge in [-0.2, -0.15) is 8.78 Å². The standard InChI is InChI=1S/C28H31F2N3O3/c1-17-15-32-26(36-28(29)30)14-20(17)11-21-12-23-22(24-13-18(21)6-4-9-31-24)8-10-33(27(23)35)16-19-5-2-3-7-25(19)34/h4,6,8-10,12,14-15,17,19-20,25,28,34H,2-3,5,7,11,13,16H2,1H3/t17?,19-,20?,25+/m1/s1. The minimum atomic E-state index is -2.93. The molecular weight excluding hydrogens is 464 g/mol. The van der Waals surface area contributed by atoms with Gasteiger partial charge in [-0.05, 0) is 66.5 Å². The summed E-state index contributed by atoms with van der Waals surface area (Å²) >= 11 is 0. The van der Waals surface area contributed by atoms with Crippen molar-refractivity contribution in [1.29, 1.82) is 0 Å². The van der Waals surface area contributed by atoms with E-state index in [-0.39, 0.29) is 35.3 Å². The molecule has 4 aliphatic rings. The van der Waals surface area contributed by atoms with Crippen LogP contribution in [0.5, 0.6) is 0 Å². The Kier molecular flexibility index (Phi) is 7.14. The van der Waals surface area contributed by atoms with Crippen LogP contribution in [-0.4, -0.2) is 34.8 Å². The van der Waals surface area contributed by atoms with Crippen LogP contribution in [0.3, 0.4) is 0 Å². The molecule has 190 valence electrons. The van der Waals surface area contributed by atoms with E-state index in [9.17, 15) is 18.7 Å². The summed E-state index contributed by atoms with van der Waals surface area (Å²) in [5.74, 6) is -0.0992. The van der Waals surface area contributed by atoms with Gasteiger partial charge in [0.1, 0.15) is 0 Å². The Hall–Kier alpha value is -3.13. The summed E-state index contributed by atoms with van der Waals surface area (Å²) in [7, 11) is 0. The lowest BCUT2D eigenvalue weighted by Crippen LogP contribution is -2.46. The van der Waals surface area contributed by atoms with Crippen LogP contribution in [0, 0.1) is 17.8 Å². The zero-order valence-corrected chi connectivity index (χ0v) is 20.3. The fourth-order valence-corrected chi connectivity index (χ4v) is 5.54. The van der Waals surface area contributed by atoms with E-state index in [1.165, 1.54) is 0 Å². The van der Waals surface area contributed by atoms with Crippen LogP contribution >= 0.6 is 0 Å². The number of alkyl halides is 2. The maximum atomic E-state index is 13.7. The fourth-order valence-electron chi connectivity index (χ4n) is 5.54. The SMILES string of the molecule is CC1C=NC(OC(F)F)=CC1CC1=C2C=CC=NC(=c3ccn(C[C@H]4CCCC[C@@H]4O)c(=O)c3=C1)C2. The molecule has 0 radical (unpaired) electrons. The molecule has 2 aliphatic heterocycles. The highest BCUT2D eigenvalue weighted by Crippen LogP contribution is 2.32. The lowest BCUT2D eigenvalue weighted by molar-refractivity contribution is -0.0974. The van der Waals surface area contributed by atoms with Gasteiger partial charge in [-0.1, -0.05) is 25.8 Å². The number of halogens is 2. The van der Waals surface area contributed by atoms with Crippen LogP contribution in [0.15, 0.2) is 62.3 Å². The van der Waals surface area contributed by atoms with E-state index in [4.69, 9.17) is 0 Å². The number of nitrogens with zero attached hydrogens (tertiary/aromatic N) is 3. The van der Waals surface area contributed by atoms with Crippen LogP contribution in [0.2, 0.25) is 0 Å². The summed E-state index contributed by atoms with van der Waals surface area (Å²) < 4.78 is 31.8. The number of aliphatic hydroxyl groups excluding tert-OH is 1. The highest BCUT2D eigenvalue weighted by molar-refractivity contribution is 5.80. The molecule has 36 heavy (non-hydrogen) atoms. The van der Waals surface area contributed by atoms with Crippen molar-refractivity contribution in [2.45, 2.75) is 64.7 Å². The summed E-state index contributed by atoms with van der Waals surface area (Å²) in [6.07, 6.45) is 17.2. The van der Waals surface area contributed by atoms with Crippen molar-refractivity contribution >= 4 is 24.2 Å². The van der Waals surface area contributed by atoms with Gasteiger partial charge in [0.05, 0.1) is 11.8 Å². The molecule has 6 nitrogen and oxygen atoms in total. The Morgan fingerprint density at radius 1 is 1.25 bits per heavy atom. The first-order valence-corrected chi connectivity index (χ1v) is 12.6. The molecule has 8 heteroatoms. The fraction of sp³-hybridized carbons (Fsp3) is 0.464.